The lowest BCUT2D eigenvalue weighted by Crippen LogP contribution is -2.33. The molecule has 1 saturated carbocycles. The average molecular weight is 324 g/mol. The van der Waals surface area contributed by atoms with E-state index < -0.39 is 11.4 Å². The molecule has 0 aliphatic heterocycles. The normalized spacial score (nSPS) is 16.3. The fourth-order valence-corrected chi connectivity index (χ4v) is 2.13. The Hall–Kier alpha value is -1.62. The van der Waals surface area contributed by atoms with Crippen molar-refractivity contribution in [3.05, 3.63) is 40.4 Å². The summed E-state index contributed by atoms with van der Waals surface area (Å²) in [7, 11) is 0. The molecule has 0 spiro atoms. The second-order valence-corrected chi connectivity index (χ2v) is 5.51. The molecule has 0 heterocycles. The lowest BCUT2D eigenvalue weighted by atomic mass is 10.1. The molecule has 1 amide bonds. The molecular formula is C14H14BrNO3. The van der Waals surface area contributed by atoms with Gasteiger partial charge in [0.2, 0.25) is 5.91 Å². The number of amides is 1. The topological polar surface area (TPSA) is 66.4 Å². The minimum Gasteiger partial charge on any atom is -0.481 e. The van der Waals surface area contributed by atoms with E-state index in [1.54, 1.807) is 6.08 Å². The number of carboxylic acid groups (broad SMARTS) is 1. The van der Waals surface area contributed by atoms with Crippen LogP contribution in [-0.4, -0.2) is 23.5 Å². The van der Waals surface area contributed by atoms with E-state index >= 15 is 0 Å². The predicted molar refractivity (Wildman–Crippen MR) is 75.5 cm³/mol. The largest absolute Gasteiger partial charge is 0.481 e. The average Bonchev–Trinajstić information content (AvgIpc) is 3.16. The summed E-state index contributed by atoms with van der Waals surface area (Å²) in [6.07, 6.45) is 4.38. The second kappa shape index (κ2) is 5.57. The second-order valence-electron chi connectivity index (χ2n) is 4.66. The molecule has 1 fully saturated rings. The summed E-state index contributed by atoms with van der Waals surface area (Å²) in [5.41, 5.74) is 0.175. The van der Waals surface area contributed by atoms with Crippen molar-refractivity contribution in [3.63, 3.8) is 0 Å². The van der Waals surface area contributed by atoms with Crippen LogP contribution in [0.1, 0.15) is 18.4 Å². The van der Waals surface area contributed by atoms with E-state index in [1.807, 2.05) is 24.3 Å². The van der Waals surface area contributed by atoms with E-state index in [2.05, 4.69) is 21.2 Å². The summed E-state index contributed by atoms with van der Waals surface area (Å²) in [5.74, 6) is -1.11. The highest BCUT2D eigenvalue weighted by Gasteiger charge is 2.50. The van der Waals surface area contributed by atoms with Gasteiger partial charge in [0.1, 0.15) is 0 Å². The minimum absolute atomic E-state index is 0.196. The maximum Gasteiger partial charge on any atom is 0.311 e. The van der Waals surface area contributed by atoms with Gasteiger partial charge in [-0.1, -0.05) is 34.1 Å². The van der Waals surface area contributed by atoms with Gasteiger partial charge >= 0.3 is 5.97 Å². The molecule has 1 aliphatic carbocycles. The number of nitrogens with one attached hydrogen (secondary N) is 1. The van der Waals surface area contributed by atoms with Gasteiger partial charge in [-0.25, -0.2) is 0 Å². The number of benzene rings is 1. The summed E-state index contributed by atoms with van der Waals surface area (Å²) >= 11 is 3.39. The van der Waals surface area contributed by atoms with E-state index in [0.29, 0.717) is 12.8 Å². The molecular weight excluding hydrogens is 310 g/mol. The first-order chi connectivity index (χ1) is 9.03. The Labute approximate surface area is 119 Å². The van der Waals surface area contributed by atoms with Crippen LogP contribution in [0.15, 0.2) is 34.8 Å². The SMILES string of the molecule is O=C(/C=C/c1ccccc1Br)NCC1(C(=O)O)CC1. The Morgan fingerprint density at radius 3 is 2.63 bits per heavy atom. The number of carbonyl (C=O) groups excluding carboxylic acids is 1. The molecule has 1 aliphatic rings. The summed E-state index contributed by atoms with van der Waals surface area (Å²) < 4.78 is 0.906. The molecule has 2 N–H and O–H groups in total. The first-order valence-corrected chi connectivity index (χ1v) is 6.77. The number of halogens is 1. The van der Waals surface area contributed by atoms with E-state index in [9.17, 15) is 9.59 Å². The number of aliphatic carboxylic acids is 1. The highest BCUT2D eigenvalue weighted by molar-refractivity contribution is 9.10. The van der Waals surface area contributed by atoms with Crippen LogP contribution in [0.4, 0.5) is 0 Å². The molecule has 0 bridgehead atoms. The molecule has 0 atom stereocenters. The lowest BCUT2D eigenvalue weighted by Gasteiger charge is -2.09. The molecule has 0 saturated heterocycles. The molecule has 2 rings (SSSR count). The fraction of sp³-hybridized carbons (Fsp3) is 0.286. The minimum atomic E-state index is -0.831. The first kappa shape index (κ1) is 13.8. The quantitative estimate of drug-likeness (QED) is 0.818. The summed E-state index contributed by atoms with van der Waals surface area (Å²) in [6.45, 7) is 0.196. The maximum atomic E-state index is 11.6. The molecule has 5 heteroatoms. The molecule has 19 heavy (non-hydrogen) atoms. The smallest absolute Gasteiger partial charge is 0.311 e. The Bertz CT molecular complexity index is 535. The zero-order valence-corrected chi connectivity index (χ0v) is 11.8. The first-order valence-electron chi connectivity index (χ1n) is 5.97. The summed E-state index contributed by atoms with van der Waals surface area (Å²) in [4.78, 5) is 22.6. The van der Waals surface area contributed by atoms with Crippen molar-refractivity contribution in [2.45, 2.75) is 12.8 Å². The fourth-order valence-electron chi connectivity index (χ4n) is 1.71. The molecule has 1 aromatic carbocycles. The highest BCUT2D eigenvalue weighted by Crippen LogP contribution is 2.45. The molecule has 0 unspecified atom stereocenters. The Kier molecular flexibility index (Phi) is 4.04. The molecule has 0 aromatic heterocycles. The van der Waals surface area contributed by atoms with Crippen molar-refractivity contribution in [2.75, 3.05) is 6.54 Å². The van der Waals surface area contributed by atoms with Gasteiger partial charge < -0.3 is 10.4 Å². The van der Waals surface area contributed by atoms with Crippen LogP contribution in [-0.2, 0) is 9.59 Å². The molecule has 1 aromatic rings. The van der Waals surface area contributed by atoms with Gasteiger partial charge in [0, 0.05) is 17.1 Å². The Morgan fingerprint density at radius 1 is 1.37 bits per heavy atom. The molecule has 4 nitrogen and oxygen atoms in total. The van der Waals surface area contributed by atoms with Crippen molar-refractivity contribution in [3.8, 4) is 0 Å². The van der Waals surface area contributed by atoms with Gasteiger partial charge in [-0.15, -0.1) is 0 Å². The van der Waals surface area contributed by atoms with E-state index in [4.69, 9.17) is 5.11 Å². The third kappa shape index (κ3) is 3.44. The number of carbonyl (C=O) groups is 2. The van der Waals surface area contributed by atoms with Crippen LogP contribution < -0.4 is 5.32 Å². The van der Waals surface area contributed by atoms with Gasteiger partial charge in [0.15, 0.2) is 0 Å². The third-order valence-electron chi connectivity index (χ3n) is 3.23. The van der Waals surface area contributed by atoms with Crippen LogP contribution in [0, 0.1) is 5.41 Å². The van der Waals surface area contributed by atoms with E-state index in [0.717, 1.165) is 10.0 Å². The van der Waals surface area contributed by atoms with Crippen LogP contribution in [0.5, 0.6) is 0 Å². The van der Waals surface area contributed by atoms with Crippen LogP contribution in [0.2, 0.25) is 0 Å². The van der Waals surface area contributed by atoms with Crippen molar-refractivity contribution in [1.82, 2.24) is 5.32 Å². The zero-order chi connectivity index (χ0) is 13.9. The number of rotatable bonds is 5. The summed E-state index contributed by atoms with van der Waals surface area (Å²) in [6, 6.07) is 7.55. The third-order valence-corrected chi connectivity index (χ3v) is 3.95. The van der Waals surface area contributed by atoms with Gasteiger partial charge in [-0.2, -0.15) is 0 Å². The van der Waals surface area contributed by atoms with Gasteiger partial charge in [-0.05, 0) is 30.5 Å². The van der Waals surface area contributed by atoms with Crippen molar-refractivity contribution in [1.29, 1.82) is 0 Å². The molecule has 0 radical (unpaired) electrons. The Morgan fingerprint density at radius 2 is 2.05 bits per heavy atom. The van der Waals surface area contributed by atoms with Crippen molar-refractivity contribution in [2.24, 2.45) is 5.41 Å². The van der Waals surface area contributed by atoms with Gasteiger partial charge in [0.25, 0.3) is 0 Å². The van der Waals surface area contributed by atoms with E-state index in [1.165, 1.54) is 6.08 Å². The van der Waals surface area contributed by atoms with Crippen molar-refractivity contribution < 1.29 is 14.7 Å². The summed E-state index contributed by atoms with van der Waals surface area (Å²) in [5, 5.41) is 11.6. The number of hydrogen-bond donors (Lipinski definition) is 2. The van der Waals surface area contributed by atoms with Crippen LogP contribution in [0.25, 0.3) is 6.08 Å². The van der Waals surface area contributed by atoms with Crippen LogP contribution >= 0.6 is 15.9 Å². The molecule has 100 valence electrons. The Balaban J connectivity index is 1.88. The highest BCUT2D eigenvalue weighted by atomic mass is 79.9. The zero-order valence-electron chi connectivity index (χ0n) is 10.2. The van der Waals surface area contributed by atoms with Crippen LogP contribution in [0.3, 0.4) is 0 Å². The standard InChI is InChI=1S/C14H14BrNO3/c15-11-4-2-1-3-10(11)5-6-12(17)16-9-14(7-8-14)13(18)19/h1-6H,7-9H2,(H,16,17)(H,18,19)/b6-5+. The van der Waals surface area contributed by atoms with E-state index in [-0.39, 0.29) is 12.5 Å². The van der Waals surface area contributed by atoms with Crippen molar-refractivity contribution >= 4 is 33.9 Å². The lowest BCUT2D eigenvalue weighted by molar-refractivity contribution is -0.143. The van der Waals surface area contributed by atoms with Gasteiger partial charge in [-0.3, -0.25) is 9.59 Å². The number of carboxylic acids is 1. The maximum absolute atomic E-state index is 11.6. The monoisotopic (exact) mass is 323 g/mol. The van der Waals surface area contributed by atoms with Gasteiger partial charge in [0.05, 0.1) is 5.41 Å². The predicted octanol–water partition coefficient (Wildman–Crippen LogP) is 2.44. The number of hydrogen-bond acceptors (Lipinski definition) is 2.